The van der Waals surface area contributed by atoms with E-state index in [2.05, 4.69) is 10.4 Å². The molecule has 36 heavy (non-hydrogen) atoms. The van der Waals surface area contributed by atoms with Crippen molar-refractivity contribution in [1.82, 2.24) is 20.0 Å². The molecule has 0 saturated heterocycles. The molecular weight excluding hydrogens is 461 g/mol. The van der Waals surface area contributed by atoms with Gasteiger partial charge in [0.1, 0.15) is 11.5 Å². The highest BCUT2D eigenvalue weighted by Gasteiger charge is 2.43. The number of benzene rings is 2. The Bertz CT molecular complexity index is 1300. The summed E-state index contributed by atoms with van der Waals surface area (Å²) in [5.74, 6) is -0.955. The van der Waals surface area contributed by atoms with Crippen molar-refractivity contribution in [2.24, 2.45) is 5.73 Å². The summed E-state index contributed by atoms with van der Waals surface area (Å²) in [7, 11) is 0. The zero-order valence-corrected chi connectivity index (χ0v) is 20.5. The zero-order chi connectivity index (χ0) is 25.4. The number of nitrogens with one attached hydrogen (secondary N) is 1. The van der Waals surface area contributed by atoms with Crippen LogP contribution in [0.2, 0.25) is 0 Å². The second kappa shape index (κ2) is 9.39. The van der Waals surface area contributed by atoms with Crippen LogP contribution in [0.15, 0.2) is 48.5 Å². The summed E-state index contributed by atoms with van der Waals surface area (Å²) >= 11 is 0. The predicted octanol–water partition coefficient (Wildman–Crippen LogP) is 3.76. The van der Waals surface area contributed by atoms with E-state index in [-0.39, 0.29) is 35.6 Å². The van der Waals surface area contributed by atoms with E-state index in [1.165, 1.54) is 6.07 Å². The van der Waals surface area contributed by atoms with Gasteiger partial charge >= 0.3 is 6.03 Å². The summed E-state index contributed by atoms with van der Waals surface area (Å²) in [6, 6.07) is 14.4. The Labute approximate surface area is 209 Å². The minimum Gasteiger partial charge on any atom is -0.373 e. The molecule has 188 valence electrons. The lowest BCUT2D eigenvalue weighted by molar-refractivity contribution is -0.0552. The van der Waals surface area contributed by atoms with E-state index < -0.39 is 5.91 Å². The van der Waals surface area contributed by atoms with Gasteiger partial charge in [-0.1, -0.05) is 30.3 Å². The van der Waals surface area contributed by atoms with Crippen molar-refractivity contribution in [3.63, 3.8) is 0 Å². The van der Waals surface area contributed by atoms with Crippen molar-refractivity contribution in [3.05, 3.63) is 76.7 Å². The molecule has 1 aromatic heterocycles. The number of amides is 3. The van der Waals surface area contributed by atoms with Crippen LogP contribution >= 0.6 is 0 Å². The van der Waals surface area contributed by atoms with E-state index >= 15 is 0 Å². The van der Waals surface area contributed by atoms with Crippen molar-refractivity contribution < 1.29 is 18.7 Å². The van der Waals surface area contributed by atoms with Crippen LogP contribution in [0.25, 0.3) is 11.3 Å². The normalized spacial score (nSPS) is 21.0. The molecule has 3 N–H and O–H groups in total. The first kappa shape index (κ1) is 24.0. The molecule has 1 fully saturated rings. The van der Waals surface area contributed by atoms with Crippen LogP contribution in [0, 0.1) is 12.7 Å². The fourth-order valence-electron chi connectivity index (χ4n) is 5.03. The topological polar surface area (TPSA) is 102 Å². The maximum Gasteiger partial charge on any atom is 0.318 e. The SMILES string of the molecule is Cc1cc(-c2nn3c(c2C(N)=O)CN(C(=O)NC2(C)CC(OCc4ccccc4)C2)CC3)ccc1F. The number of carbonyl (C=O) groups is 2. The van der Waals surface area contributed by atoms with Gasteiger partial charge in [0.25, 0.3) is 5.91 Å². The molecule has 3 amide bonds. The Balaban J connectivity index is 1.24. The number of aromatic nitrogens is 2. The Kier molecular flexibility index (Phi) is 6.26. The fourth-order valence-corrected chi connectivity index (χ4v) is 5.03. The smallest absolute Gasteiger partial charge is 0.318 e. The first-order chi connectivity index (χ1) is 17.2. The quantitative estimate of drug-likeness (QED) is 0.548. The van der Waals surface area contributed by atoms with Gasteiger partial charge in [0, 0.05) is 17.6 Å². The van der Waals surface area contributed by atoms with Gasteiger partial charge in [-0.05, 0) is 56.0 Å². The number of rotatable bonds is 6. The number of aryl methyl sites for hydroxylation is 1. The van der Waals surface area contributed by atoms with E-state index in [0.29, 0.717) is 42.2 Å². The van der Waals surface area contributed by atoms with Crippen molar-refractivity contribution in [3.8, 4) is 11.3 Å². The molecule has 2 heterocycles. The molecule has 8 nitrogen and oxygen atoms in total. The van der Waals surface area contributed by atoms with E-state index in [0.717, 1.165) is 18.4 Å². The Morgan fingerprint density at radius 3 is 2.64 bits per heavy atom. The van der Waals surface area contributed by atoms with Gasteiger partial charge in [0.05, 0.1) is 37.1 Å². The van der Waals surface area contributed by atoms with Gasteiger partial charge < -0.3 is 20.7 Å². The average molecular weight is 492 g/mol. The summed E-state index contributed by atoms with van der Waals surface area (Å²) in [5, 5.41) is 7.72. The number of carbonyl (C=O) groups excluding carboxylic acids is 2. The molecule has 0 bridgehead atoms. The van der Waals surface area contributed by atoms with Crippen LogP contribution in [0.1, 0.15) is 46.9 Å². The molecule has 3 aromatic rings. The van der Waals surface area contributed by atoms with Crippen LogP contribution in [0.4, 0.5) is 9.18 Å². The van der Waals surface area contributed by atoms with Crippen molar-refractivity contribution in [2.75, 3.05) is 6.54 Å². The second-order valence-electron chi connectivity index (χ2n) is 9.96. The monoisotopic (exact) mass is 491 g/mol. The van der Waals surface area contributed by atoms with Gasteiger partial charge in [-0.3, -0.25) is 9.48 Å². The lowest BCUT2D eigenvalue weighted by Gasteiger charge is -2.46. The molecule has 5 rings (SSSR count). The lowest BCUT2D eigenvalue weighted by Crippen LogP contribution is -2.61. The molecule has 2 aliphatic rings. The van der Waals surface area contributed by atoms with Gasteiger partial charge in [-0.15, -0.1) is 0 Å². The number of primary amides is 1. The third-order valence-electron chi connectivity index (χ3n) is 7.04. The first-order valence-corrected chi connectivity index (χ1v) is 12.1. The second-order valence-corrected chi connectivity index (χ2v) is 9.96. The maximum absolute atomic E-state index is 13.8. The first-order valence-electron chi connectivity index (χ1n) is 12.1. The number of halogens is 1. The Morgan fingerprint density at radius 2 is 1.94 bits per heavy atom. The largest absolute Gasteiger partial charge is 0.373 e. The Morgan fingerprint density at radius 1 is 1.19 bits per heavy atom. The molecule has 1 aliphatic carbocycles. The van der Waals surface area contributed by atoms with Crippen LogP contribution in [0.3, 0.4) is 0 Å². The van der Waals surface area contributed by atoms with Gasteiger partial charge in [-0.2, -0.15) is 5.10 Å². The number of hydrogen-bond donors (Lipinski definition) is 2. The van der Waals surface area contributed by atoms with E-state index in [9.17, 15) is 14.0 Å². The maximum atomic E-state index is 13.8. The van der Waals surface area contributed by atoms with Crippen LogP contribution in [-0.2, 0) is 24.4 Å². The van der Waals surface area contributed by atoms with Gasteiger partial charge in [0.15, 0.2) is 0 Å². The van der Waals surface area contributed by atoms with Crippen molar-refractivity contribution >= 4 is 11.9 Å². The molecular formula is C27H30FN5O3. The number of ether oxygens (including phenoxy) is 1. The van der Waals surface area contributed by atoms with Crippen LogP contribution < -0.4 is 11.1 Å². The molecule has 0 unspecified atom stereocenters. The molecule has 0 radical (unpaired) electrons. The number of nitrogens with zero attached hydrogens (tertiary/aromatic N) is 3. The predicted molar refractivity (Wildman–Crippen MR) is 132 cm³/mol. The molecule has 1 saturated carbocycles. The van der Waals surface area contributed by atoms with Gasteiger partial charge in [-0.25, -0.2) is 9.18 Å². The minimum absolute atomic E-state index is 0.0986. The molecule has 0 atom stereocenters. The summed E-state index contributed by atoms with van der Waals surface area (Å²) in [4.78, 5) is 27.2. The van der Waals surface area contributed by atoms with E-state index in [1.54, 1.807) is 28.6 Å². The van der Waals surface area contributed by atoms with Crippen LogP contribution in [-0.4, -0.2) is 44.8 Å². The molecule has 1 aliphatic heterocycles. The highest BCUT2D eigenvalue weighted by molar-refractivity contribution is 6.00. The summed E-state index contributed by atoms with van der Waals surface area (Å²) in [5.41, 5.74) is 8.84. The highest BCUT2D eigenvalue weighted by atomic mass is 19.1. The van der Waals surface area contributed by atoms with E-state index in [4.69, 9.17) is 10.5 Å². The third kappa shape index (κ3) is 4.70. The van der Waals surface area contributed by atoms with Crippen LogP contribution in [0.5, 0.6) is 0 Å². The van der Waals surface area contributed by atoms with E-state index in [1.807, 2.05) is 37.3 Å². The summed E-state index contributed by atoms with van der Waals surface area (Å²) in [6.07, 6.45) is 1.57. The van der Waals surface area contributed by atoms with Gasteiger partial charge in [0.2, 0.25) is 0 Å². The summed E-state index contributed by atoms with van der Waals surface area (Å²) < 4.78 is 21.5. The lowest BCUT2D eigenvalue weighted by atomic mass is 9.76. The highest BCUT2D eigenvalue weighted by Crippen LogP contribution is 2.35. The minimum atomic E-state index is -0.625. The molecule has 2 aromatic carbocycles. The molecule has 0 spiro atoms. The standard InChI is InChI=1S/C27H30FN5O3/c1-17-12-19(8-9-21(17)28)24-23(25(29)34)22-15-32(10-11-33(22)31-24)26(35)30-27(2)13-20(14-27)36-16-18-6-4-3-5-7-18/h3-9,12,20H,10-11,13-16H2,1-2H3,(H2,29,34)(H,30,35). The molecule has 9 heteroatoms. The fraction of sp³-hybridized carbons (Fsp3) is 0.370. The average Bonchev–Trinajstić information content (AvgIpc) is 3.23. The van der Waals surface area contributed by atoms with Crippen molar-refractivity contribution in [2.45, 2.75) is 58.0 Å². The third-order valence-corrected chi connectivity index (χ3v) is 7.04. The summed E-state index contributed by atoms with van der Waals surface area (Å²) in [6.45, 7) is 5.32. The number of nitrogens with two attached hydrogens (primary N) is 1. The number of fused-ring (bicyclic) bond motifs is 1. The van der Waals surface area contributed by atoms with Crippen molar-refractivity contribution in [1.29, 1.82) is 0 Å². The number of urea groups is 1. The Hall–Kier alpha value is -3.72. The number of hydrogen-bond acceptors (Lipinski definition) is 4. The zero-order valence-electron chi connectivity index (χ0n) is 20.5.